The molecule has 0 amide bonds. The molecule has 1 saturated heterocycles. The molecular formula is C13H19BrN2O. The Balaban J connectivity index is 1.97. The van der Waals surface area contributed by atoms with Crippen molar-refractivity contribution in [1.82, 2.24) is 4.98 Å². The molecule has 0 spiro atoms. The lowest BCUT2D eigenvalue weighted by Crippen LogP contribution is -2.33. The minimum atomic E-state index is 0.333. The number of ether oxygens (including phenoxy) is 1. The Morgan fingerprint density at radius 1 is 1.47 bits per heavy atom. The summed E-state index contributed by atoms with van der Waals surface area (Å²) >= 11 is 3.43. The van der Waals surface area contributed by atoms with E-state index in [1.807, 2.05) is 6.20 Å². The number of hydrogen-bond donors (Lipinski definition) is 1. The Morgan fingerprint density at radius 3 is 2.82 bits per heavy atom. The van der Waals surface area contributed by atoms with Crippen molar-refractivity contribution in [2.75, 3.05) is 25.1 Å². The zero-order valence-corrected chi connectivity index (χ0v) is 12.0. The predicted molar refractivity (Wildman–Crippen MR) is 73.3 cm³/mol. The van der Waals surface area contributed by atoms with Crippen molar-refractivity contribution >= 4 is 21.7 Å². The van der Waals surface area contributed by atoms with Crippen LogP contribution in [0.2, 0.25) is 0 Å². The van der Waals surface area contributed by atoms with Crippen LogP contribution in [0.25, 0.3) is 0 Å². The molecule has 1 fully saturated rings. The summed E-state index contributed by atoms with van der Waals surface area (Å²) in [5.41, 5.74) is 1.51. The number of aryl methyl sites for hydroxylation is 1. The monoisotopic (exact) mass is 298 g/mol. The fraction of sp³-hybridized carbons (Fsp3) is 0.615. The third kappa shape index (κ3) is 3.42. The van der Waals surface area contributed by atoms with Gasteiger partial charge in [0.15, 0.2) is 0 Å². The van der Waals surface area contributed by atoms with Gasteiger partial charge >= 0.3 is 0 Å². The van der Waals surface area contributed by atoms with Gasteiger partial charge in [0.25, 0.3) is 0 Å². The van der Waals surface area contributed by atoms with Crippen LogP contribution in [0.3, 0.4) is 0 Å². The second-order valence-electron chi connectivity index (χ2n) is 5.10. The molecule has 3 nitrogen and oxygen atoms in total. The van der Waals surface area contributed by atoms with Crippen molar-refractivity contribution in [3.63, 3.8) is 0 Å². The van der Waals surface area contributed by atoms with E-state index in [1.54, 1.807) is 0 Å². The highest BCUT2D eigenvalue weighted by Crippen LogP contribution is 2.30. The number of aromatic nitrogens is 1. The third-order valence-corrected chi connectivity index (χ3v) is 3.86. The van der Waals surface area contributed by atoms with Crippen molar-refractivity contribution < 1.29 is 4.74 Å². The van der Waals surface area contributed by atoms with Gasteiger partial charge in [-0.25, -0.2) is 4.98 Å². The fourth-order valence-corrected chi connectivity index (χ4v) is 2.51. The standard InChI is InChI=1S/C13H19BrN2O/c1-10-7-11(14)8-15-12(10)16-9-13(2)3-5-17-6-4-13/h7-8H,3-6,9H2,1-2H3,(H,15,16). The molecule has 0 radical (unpaired) electrons. The normalized spacial score (nSPS) is 19.0. The number of halogens is 1. The molecule has 0 bridgehead atoms. The lowest BCUT2D eigenvalue weighted by Gasteiger charge is -2.33. The van der Waals surface area contributed by atoms with E-state index < -0.39 is 0 Å². The minimum Gasteiger partial charge on any atom is -0.381 e. The van der Waals surface area contributed by atoms with Gasteiger partial charge < -0.3 is 10.1 Å². The van der Waals surface area contributed by atoms with Crippen LogP contribution in [-0.2, 0) is 4.74 Å². The maximum Gasteiger partial charge on any atom is 0.128 e. The van der Waals surface area contributed by atoms with Crippen LogP contribution in [0.15, 0.2) is 16.7 Å². The average Bonchev–Trinajstić information content (AvgIpc) is 2.29. The highest BCUT2D eigenvalue weighted by molar-refractivity contribution is 9.10. The zero-order chi connectivity index (χ0) is 12.3. The third-order valence-electron chi connectivity index (χ3n) is 3.43. The summed E-state index contributed by atoms with van der Waals surface area (Å²) in [5, 5.41) is 3.46. The van der Waals surface area contributed by atoms with Crippen molar-refractivity contribution in [2.24, 2.45) is 5.41 Å². The Kier molecular flexibility index (Phi) is 4.05. The first-order valence-electron chi connectivity index (χ1n) is 6.03. The maximum atomic E-state index is 5.41. The summed E-state index contributed by atoms with van der Waals surface area (Å²) in [7, 11) is 0. The van der Waals surface area contributed by atoms with E-state index in [-0.39, 0.29) is 0 Å². The average molecular weight is 299 g/mol. The Bertz CT molecular complexity index is 389. The zero-order valence-electron chi connectivity index (χ0n) is 10.4. The Morgan fingerprint density at radius 2 is 2.18 bits per heavy atom. The summed E-state index contributed by atoms with van der Waals surface area (Å²) in [6.45, 7) is 7.12. The van der Waals surface area contributed by atoms with Crippen LogP contribution in [0.5, 0.6) is 0 Å². The van der Waals surface area contributed by atoms with Crippen molar-refractivity contribution in [1.29, 1.82) is 0 Å². The van der Waals surface area contributed by atoms with E-state index in [4.69, 9.17) is 4.74 Å². The number of pyridine rings is 1. The molecule has 1 aromatic heterocycles. The molecule has 2 heterocycles. The number of hydrogen-bond acceptors (Lipinski definition) is 3. The second kappa shape index (κ2) is 5.36. The quantitative estimate of drug-likeness (QED) is 0.929. The first kappa shape index (κ1) is 12.8. The largest absolute Gasteiger partial charge is 0.381 e. The van der Waals surface area contributed by atoms with E-state index >= 15 is 0 Å². The Hall–Kier alpha value is -0.610. The molecule has 94 valence electrons. The van der Waals surface area contributed by atoms with Gasteiger partial charge in [0.05, 0.1) is 0 Å². The highest BCUT2D eigenvalue weighted by Gasteiger charge is 2.27. The van der Waals surface area contributed by atoms with Crippen molar-refractivity contribution in [3.05, 3.63) is 22.3 Å². The molecule has 1 aliphatic heterocycles. The van der Waals surface area contributed by atoms with Gasteiger partial charge in [-0.15, -0.1) is 0 Å². The summed E-state index contributed by atoms with van der Waals surface area (Å²) < 4.78 is 6.43. The number of anilines is 1. The number of rotatable bonds is 3. The molecule has 0 atom stereocenters. The van der Waals surface area contributed by atoms with Gasteiger partial charge in [-0.3, -0.25) is 0 Å². The summed E-state index contributed by atoms with van der Waals surface area (Å²) in [6, 6.07) is 2.08. The molecular weight excluding hydrogens is 280 g/mol. The van der Waals surface area contributed by atoms with E-state index in [0.29, 0.717) is 5.41 Å². The van der Waals surface area contributed by atoms with E-state index in [2.05, 4.69) is 46.1 Å². The molecule has 0 unspecified atom stereocenters. The van der Waals surface area contributed by atoms with Gasteiger partial charge in [0.2, 0.25) is 0 Å². The topological polar surface area (TPSA) is 34.2 Å². The van der Waals surface area contributed by atoms with Gasteiger partial charge in [0, 0.05) is 30.4 Å². The van der Waals surface area contributed by atoms with Crippen molar-refractivity contribution in [2.45, 2.75) is 26.7 Å². The van der Waals surface area contributed by atoms with E-state index in [1.165, 1.54) is 5.56 Å². The minimum absolute atomic E-state index is 0.333. The smallest absolute Gasteiger partial charge is 0.128 e. The highest BCUT2D eigenvalue weighted by atomic mass is 79.9. The van der Waals surface area contributed by atoms with Gasteiger partial charge in [-0.1, -0.05) is 6.92 Å². The molecule has 17 heavy (non-hydrogen) atoms. The molecule has 4 heteroatoms. The number of nitrogens with one attached hydrogen (secondary N) is 1. The van der Waals surface area contributed by atoms with E-state index in [0.717, 1.165) is 42.9 Å². The Labute approximate surface area is 111 Å². The predicted octanol–water partition coefficient (Wildman–Crippen LogP) is 3.38. The first-order valence-corrected chi connectivity index (χ1v) is 6.82. The van der Waals surface area contributed by atoms with Crippen molar-refractivity contribution in [3.8, 4) is 0 Å². The van der Waals surface area contributed by atoms with Crippen LogP contribution >= 0.6 is 15.9 Å². The molecule has 0 aromatic carbocycles. The first-order chi connectivity index (χ1) is 8.09. The lowest BCUT2D eigenvalue weighted by atomic mass is 9.82. The fourth-order valence-electron chi connectivity index (χ4n) is 2.06. The second-order valence-corrected chi connectivity index (χ2v) is 6.01. The lowest BCUT2D eigenvalue weighted by molar-refractivity contribution is 0.0299. The van der Waals surface area contributed by atoms with Gasteiger partial charge in [0.1, 0.15) is 5.82 Å². The van der Waals surface area contributed by atoms with Gasteiger partial charge in [-0.2, -0.15) is 0 Å². The SMILES string of the molecule is Cc1cc(Br)cnc1NCC1(C)CCOCC1. The molecule has 1 aromatic rings. The van der Waals surface area contributed by atoms with Crippen LogP contribution in [0, 0.1) is 12.3 Å². The van der Waals surface area contributed by atoms with Crippen LogP contribution in [-0.4, -0.2) is 24.7 Å². The van der Waals surface area contributed by atoms with Crippen LogP contribution in [0.1, 0.15) is 25.3 Å². The van der Waals surface area contributed by atoms with E-state index in [9.17, 15) is 0 Å². The number of nitrogens with zero attached hydrogens (tertiary/aromatic N) is 1. The summed E-state index contributed by atoms with van der Waals surface area (Å²) in [6.07, 6.45) is 4.08. The molecule has 1 aliphatic rings. The molecule has 0 aliphatic carbocycles. The molecule has 1 N–H and O–H groups in total. The van der Waals surface area contributed by atoms with Crippen LogP contribution in [0.4, 0.5) is 5.82 Å². The summed E-state index contributed by atoms with van der Waals surface area (Å²) in [5.74, 6) is 0.987. The molecule has 0 saturated carbocycles. The molecule has 2 rings (SSSR count). The summed E-state index contributed by atoms with van der Waals surface area (Å²) in [4.78, 5) is 4.40. The van der Waals surface area contributed by atoms with Crippen LogP contribution < -0.4 is 5.32 Å². The van der Waals surface area contributed by atoms with Gasteiger partial charge in [-0.05, 0) is 52.7 Å². The maximum absolute atomic E-state index is 5.41.